The van der Waals surface area contributed by atoms with Crippen molar-refractivity contribution in [2.45, 2.75) is 26.4 Å². The van der Waals surface area contributed by atoms with Crippen molar-refractivity contribution in [2.24, 2.45) is 0 Å². The number of benzene rings is 2. The lowest BCUT2D eigenvalue weighted by molar-refractivity contribution is -0.139. The van der Waals surface area contributed by atoms with Gasteiger partial charge in [-0.1, -0.05) is 35.9 Å². The molecule has 0 fully saturated rings. The molecule has 0 aromatic heterocycles. The average Bonchev–Trinajstić information content (AvgIpc) is 2.75. The van der Waals surface area contributed by atoms with Crippen molar-refractivity contribution in [3.05, 3.63) is 64.7 Å². The minimum Gasteiger partial charge on any atom is -0.357 e. The summed E-state index contributed by atoms with van der Waals surface area (Å²) < 4.78 is 25.9. The van der Waals surface area contributed by atoms with Crippen molar-refractivity contribution in [2.75, 3.05) is 24.2 Å². The topological polar surface area (TPSA) is 104 Å². The van der Waals surface area contributed by atoms with E-state index in [2.05, 4.69) is 5.32 Å². The highest BCUT2D eigenvalue weighted by Gasteiger charge is 2.29. The van der Waals surface area contributed by atoms with Gasteiger partial charge in [-0.25, -0.2) is 8.42 Å². The second-order valence-electron chi connectivity index (χ2n) is 7.31. The van der Waals surface area contributed by atoms with Crippen molar-refractivity contribution >= 4 is 44.9 Å². The van der Waals surface area contributed by atoms with Gasteiger partial charge in [-0.15, -0.1) is 0 Å². The average molecular weight is 480 g/mol. The summed E-state index contributed by atoms with van der Waals surface area (Å²) in [5.41, 5.74) is 1.23. The lowest BCUT2D eigenvalue weighted by atomic mass is 10.1. The van der Waals surface area contributed by atoms with Gasteiger partial charge in [0, 0.05) is 24.2 Å². The SMILES string of the molecule is CNC(=O)C(C)N(Cc1ccc(Cl)cc1)C(=O)CN(c1cccc(C(C)=O)c1)S(C)(=O)=O. The molecule has 1 unspecified atom stereocenters. The van der Waals surface area contributed by atoms with Crippen LogP contribution < -0.4 is 9.62 Å². The van der Waals surface area contributed by atoms with Crippen LogP contribution in [-0.2, 0) is 26.2 Å². The maximum atomic E-state index is 13.3. The Morgan fingerprint density at radius 2 is 1.72 bits per heavy atom. The van der Waals surface area contributed by atoms with Gasteiger partial charge in [-0.2, -0.15) is 0 Å². The van der Waals surface area contributed by atoms with Crippen LogP contribution in [0.2, 0.25) is 5.02 Å². The van der Waals surface area contributed by atoms with Gasteiger partial charge < -0.3 is 10.2 Å². The molecule has 172 valence electrons. The van der Waals surface area contributed by atoms with Crippen molar-refractivity contribution in [3.63, 3.8) is 0 Å². The number of carbonyl (C=O) groups is 3. The van der Waals surface area contributed by atoms with Crippen LogP contribution in [-0.4, -0.2) is 56.8 Å². The first-order chi connectivity index (χ1) is 14.9. The fourth-order valence-corrected chi connectivity index (χ4v) is 4.04. The van der Waals surface area contributed by atoms with E-state index in [-0.39, 0.29) is 18.0 Å². The molecule has 1 atom stereocenters. The number of nitrogens with one attached hydrogen (secondary N) is 1. The maximum Gasteiger partial charge on any atom is 0.244 e. The molecule has 0 aliphatic heterocycles. The van der Waals surface area contributed by atoms with Crippen LogP contribution in [0.5, 0.6) is 0 Å². The second kappa shape index (κ2) is 10.6. The summed E-state index contributed by atoms with van der Waals surface area (Å²) in [6.45, 7) is 2.48. The van der Waals surface area contributed by atoms with E-state index in [9.17, 15) is 22.8 Å². The number of rotatable bonds is 9. The van der Waals surface area contributed by atoms with Gasteiger partial charge in [0.05, 0.1) is 11.9 Å². The summed E-state index contributed by atoms with van der Waals surface area (Å²) in [5.74, 6) is -1.20. The predicted octanol–water partition coefficient (Wildman–Crippen LogP) is 2.47. The van der Waals surface area contributed by atoms with Crippen LogP contribution >= 0.6 is 11.6 Å². The highest BCUT2D eigenvalue weighted by Crippen LogP contribution is 2.21. The van der Waals surface area contributed by atoms with Crippen LogP contribution in [0.1, 0.15) is 29.8 Å². The van der Waals surface area contributed by atoms with Crippen molar-refractivity contribution in [3.8, 4) is 0 Å². The van der Waals surface area contributed by atoms with Gasteiger partial charge in [-0.05, 0) is 43.7 Å². The predicted molar refractivity (Wildman–Crippen MR) is 124 cm³/mol. The van der Waals surface area contributed by atoms with E-state index in [0.717, 1.165) is 16.1 Å². The number of anilines is 1. The van der Waals surface area contributed by atoms with E-state index in [1.54, 1.807) is 43.3 Å². The Labute approximate surface area is 193 Å². The first-order valence-corrected chi connectivity index (χ1v) is 12.0. The van der Waals surface area contributed by atoms with Crippen LogP contribution in [0, 0.1) is 0 Å². The molecule has 32 heavy (non-hydrogen) atoms. The number of amides is 2. The van der Waals surface area contributed by atoms with Gasteiger partial charge in [0.1, 0.15) is 12.6 Å². The Morgan fingerprint density at radius 3 is 2.25 bits per heavy atom. The number of nitrogens with zero attached hydrogens (tertiary/aromatic N) is 2. The fraction of sp³-hybridized carbons (Fsp3) is 0.318. The number of hydrogen-bond donors (Lipinski definition) is 1. The highest BCUT2D eigenvalue weighted by molar-refractivity contribution is 7.92. The third-order valence-electron chi connectivity index (χ3n) is 4.90. The van der Waals surface area contributed by atoms with Crippen LogP contribution in [0.15, 0.2) is 48.5 Å². The molecular weight excluding hydrogens is 454 g/mol. The molecule has 0 bridgehead atoms. The summed E-state index contributed by atoms with van der Waals surface area (Å²) >= 11 is 5.93. The molecule has 2 amide bonds. The first kappa shape index (κ1) is 25.4. The third-order valence-corrected chi connectivity index (χ3v) is 6.29. The Balaban J connectivity index is 2.41. The van der Waals surface area contributed by atoms with E-state index in [1.165, 1.54) is 31.0 Å². The van der Waals surface area contributed by atoms with E-state index < -0.39 is 34.4 Å². The molecule has 0 aliphatic rings. The molecule has 0 spiro atoms. The first-order valence-electron chi connectivity index (χ1n) is 9.78. The normalized spacial score (nSPS) is 12.0. The summed E-state index contributed by atoms with van der Waals surface area (Å²) in [6, 6.07) is 12.0. The smallest absolute Gasteiger partial charge is 0.244 e. The summed E-state index contributed by atoms with van der Waals surface area (Å²) in [4.78, 5) is 38.6. The van der Waals surface area contributed by atoms with E-state index in [0.29, 0.717) is 10.6 Å². The lowest BCUT2D eigenvalue weighted by Gasteiger charge is -2.31. The quantitative estimate of drug-likeness (QED) is 0.556. The molecule has 8 nitrogen and oxygen atoms in total. The Hall–Kier alpha value is -2.91. The third kappa shape index (κ3) is 6.54. The molecule has 0 radical (unpaired) electrons. The molecule has 2 aromatic rings. The molecule has 2 rings (SSSR count). The largest absolute Gasteiger partial charge is 0.357 e. The number of Topliss-reactive ketones (excluding diaryl/α,β-unsaturated/α-hetero) is 1. The number of hydrogen-bond acceptors (Lipinski definition) is 5. The van der Waals surface area contributed by atoms with E-state index in [4.69, 9.17) is 11.6 Å². The summed E-state index contributed by atoms with van der Waals surface area (Å²) in [7, 11) is -2.40. The molecule has 0 heterocycles. The Morgan fingerprint density at radius 1 is 1.09 bits per heavy atom. The molecule has 0 saturated carbocycles. The van der Waals surface area contributed by atoms with Crippen LogP contribution in [0.3, 0.4) is 0 Å². The standard InChI is InChI=1S/C22H26ClN3O5S/c1-15(22(29)24-3)25(13-17-8-10-19(23)11-9-17)21(28)14-26(32(4,30)31)20-7-5-6-18(12-20)16(2)27/h5-12,15H,13-14H2,1-4H3,(H,24,29). The van der Waals surface area contributed by atoms with Crippen molar-refractivity contribution < 1.29 is 22.8 Å². The summed E-state index contributed by atoms with van der Waals surface area (Å²) in [6.07, 6.45) is 0.979. The highest BCUT2D eigenvalue weighted by atomic mass is 35.5. The second-order valence-corrected chi connectivity index (χ2v) is 9.66. The van der Waals surface area contributed by atoms with Crippen molar-refractivity contribution in [1.29, 1.82) is 0 Å². The minimum absolute atomic E-state index is 0.0790. The minimum atomic E-state index is -3.86. The molecule has 0 aliphatic carbocycles. The molecule has 0 saturated heterocycles. The molecular formula is C22H26ClN3O5S. The fourth-order valence-electron chi connectivity index (χ4n) is 3.07. The number of sulfonamides is 1. The Bertz CT molecular complexity index is 1100. The number of ketones is 1. The maximum absolute atomic E-state index is 13.3. The molecule has 1 N–H and O–H groups in total. The van der Waals surface area contributed by atoms with Gasteiger partial charge in [0.2, 0.25) is 21.8 Å². The van der Waals surface area contributed by atoms with Crippen LogP contribution in [0.4, 0.5) is 5.69 Å². The zero-order chi connectivity index (χ0) is 24.1. The zero-order valence-corrected chi connectivity index (χ0v) is 19.9. The number of carbonyl (C=O) groups excluding carboxylic acids is 3. The van der Waals surface area contributed by atoms with Gasteiger partial charge in [0.15, 0.2) is 5.78 Å². The van der Waals surface area contributed by atoms with E-state index in [1.807, 2.05) is 0 Å². The number of likely N-dealkylation sites (N-methyl/N-ethyl adjacent to an activating group) is 1. The zero-order valence-electron chi connectivity index (χ0n) is 18.3. The number of halogens is 1. The summed E-state index contributed by atoms with van der Waals surface area (Å²) in [5, 5.41) is 3.03. The van der Waals surface area contributed by atoms with Gasteiger partial charge >= 0.3 is 0 Å². The molecule has 10 heteroatoms. The van der Waals surface area contributed by atoms with Crippen LogP contribution in [0.25, 0.3) is 0 Å². The molecule has 2 aromatic carbocycles. The van der Waals surface area contributed by atoms with Crippen molar-refractivity contribution in [1.82, 2.24) is 10.2 Å². The van der Waals surface area contributed by atoms with Gasteiger partial charge in [-0.3, -0.25) is 18.7 Å². The Kier molecular flexibility index (Phi) is 8.40. The lowest BCUT2D eigenvalue weighted by Crippen LogP contribution is -2.50. The van der Waals surface area contributed by atoms with E-state index >= 15 is 0 Å². The van der Waals surface area contributed by atoms with Gasteiger partial charge in [0.25, 0.3) is 0 Å². The monoisotopic (exact) mass is 479 g/mol.